The second kappa shape index (κ2) is 4.57. The molecule has 5 heteroatoms. The summed E-state index contributed by atoms with van der Waals surface area (Å²) in [5.74, 6) is -0.240. The van der Waals surface area contributed by atoms with Crippen molar-refractivity contribution in [2.75, 3.05) is 0 Å². The van der Waals surface area contributed by atoms with Crippen LogP contribution in [-0.4, -0.2) is 20.9 Å². The number of halogens is 1. The largest absolute Gasteiger partial charge is 0.481 e. The van der Waals surface area contributed by atoms with Gasteiger partial charge >= 0.3 is 5.97 Å². The van der Waals surface area contributed by atoms with E-state index >= 15 is 0 Å². The molecule has 1 aliphatic carbocycles. The number of hydrogen-bond donors (Lipinski definition) is 1. The first-order valence-electron chi connectivity index (χ1n) is 6.27. The first kappa shape index (κ1) is 13.4. The van der Waals surface area contributed by atoms with Gasteiger partial charge in [0, 0.05) is 13.5 Å². The molecule has 0 radical (unpaired) electrons. The third-order valence-electron chi connectivity index (χ3n) is 4.08. The molecule has 0 amide bonds. The summed E-state index contributed by atoms with van der Waals surface area (Å²) in [5, 5.41) is 14.4. The number of rotatable bonds is 3. The molecule has 1 aromatic rings. The van der Waals surface area contributed by atoms with Crippen molar-refractivity contribution in [1.82, 2.24) is 9.78 Å². The molecule has 0 saturated heterocycles. The van der Waals surface area contributed by atoms with Crippen molar-refractivity contribution < 1.29 is 9.90 Å². The van der Waals surface area contributed by atoms with Crippen LogP contribution in [0.1, 0.15) is 37.6 Å². The molecule has 1 N–H and O–H groups in total. The van der Waals surface area contributed by atoms with E-state index in [-0.39, 0.29) is 0 Å². The van der Waals surface area contributed by atoms with Gasteiger partial charge in [0.15, 0.2) is 0 Å². The highest BCUT2D eigenvalue weighted by Crippen LogP contribution is 2.45. The van der Waals surface area contributed by atoms with E-state index in [1.165, 1.54) is 0 Å². The van der Waals surface area contributed by atoms with E-state index in [0.29, 0.717) is 17.4 Å². The molecule has 0 aromatic carbocycles. The van der Waals surface area contributed by atoms with Gasteiger partial charge in [-0.05, 0) is 32.1 Å². The summed E-state index contributed by atoms with van der Waals surface area (Å²) < 4.78 is 1.71. The highest BCUT2D eigenvalue weighted by atomic mass is 35.5. The standard InChI is InChI=1S/C13H19ClN2O2/c1-8-4-5-13(6-8,12(17)18)7-10-11(14)9(2)15-16(10)3/h8H,4-7H2,1-3H3,(H,17,18). The minimum atomic E-state index is -0.707. The topological polar surface area (TPSA) is 55.1 Å². The van der Waals surface area contributed by atoms with Crippen molar-refractivity contribution in [1.29, 1.82) is 0 Å². The van der Waals surface area contributed by atoms with E-state index < -0.39 is 11.4 Å². The Morgan fingerprint density at radius 1 is 1.67 bits per heavy atom. The molecule has 4 nitrogen and oxygen atoms in total. The number of carboxylic acid groups (broad SMARTS) is 1. The van der Waals surface area contributed by atoms with Gasteiger partial charge in [-0.3, -0.25) is 9.48 Å². The molecule has 2 unspecified atom stereocenters. The maximum atomic E-state index is 11.6. The number of aryl methyl sites for hydroxylation is 2. The zero-order valence-corrected chi connectivity index (χ0v) is 11.8. The van der Waals surface area contributed by atoms with Gasteiger partial charge in [0.2, 0.25) is 0 Å². The SMILES string of the molecule is Cc1nn(C)c(CC2(C(=O)O)CCC(C)C2)c1Cl. The molecular weight excluding hydrogens is 252 g/mol. The normalized spacial score (nSPS) is 27.7. The predicted molar refractivity (Wildman–Crippen MR) is 69.7 cm³/mol. The first-order valence-corrected chi connectivity index (χ1v) is 6.65. The van der Waals surface area contributed by atoms with Crippen LogP contribution in [0.25, 0.3) is 0 Å². The van der Waals surface area contributed by atoms with Crippen molar-refractivity contribution in [3.8, 4) is 0 Å². The minimum Gasteiger partial charge on any atom is -0.481 e. The smallest absolute Gasteiger partial charge is 0.310 e. The lowest BCUT2D eigenvalue weighted by atomic mass is 9.81. The van der Waals surface area contributed by atoms with E-state index in [9.17, 15) is 9.90 Å². The molecule has 1 saturated carbocycles. The monoisotopic (exact) mass is 270 g/mol. The third-order valence-corrected chi connectivity index (χ3v) is 4.57. The Bertz CT molecular complexity index is 484. The van der Waals surface area contributed by atoms with Gasteiger partial charge in [-0.1, -0.05) is 18.5 Å². The highest BCUT2D eigenvalue weighted by molar-refractivity contribution is 6.31. The van der Waals surface area contributed by atoms with Gasteiger partial charge in [0.05, 0.1) is 21.8 Å². The molecular formula is C13H19ClN2O2. The van der Waals surface area contributed by atoms with Gasteiger partial charge in [-0.15, -0.1) is 0 Å². The average Bonchev–Trinajstić information content (AvgIpc) is 2.77. The average molecular weight is 271 g/mol. The van der Waals surface area contributed by atoms with E-state index in [2.05, 4.69) is 12.0 Å². The Morgan fingerprint density at radius 3 is 2.72 bits per heavy atom. The van der Waals surface area contributed by atoms with Crippen LogP contribution in [0, 0.1) is 18.3 Å². The molecule has 0 aliphatic heterocycles. The van der Waals surface area contributed by atoms with E-state index in [1.807, 2.05) is 14.0 Å². The Kier molecular flexibility index (Phi) is 3.41. The quantitative estimate of drug-likeness (QED) is 0.919. The first-order chi connectivity index (χ1) is 8.35. The summed E-state index contributed by atoms with van der Waals surface area (Å²) >= 11 is 6.22. The molecule has 18 heavy (non-hydrogen) atoms. The maximum Gasteiger partial charge on any atom is 0.310 e. The fraction of sp³-hybridized carbons (Fsp3) is 0.692. The van der Waals surface area contributed by atoms with Gasteiger partial charge in [0.1, 0.15) is 0 Å². The molecule has 1 aliphatic rings. The molecule has 1 fully saturated rings. The summed E-state index contributed by atoms with van der Waals surface area (Å²) in [4.78, 5) is 11.6. The van der Waals surface area contributed by atoms with Crippen molar-refractivity contribution in [2.45, 2.75) is 39.5 Å². The number of aliphatic carboxylic acids is 1. The van der Waals surface area contributed by atoms with E-state index in [1.54, 1.807) is 4.68 Å². The van der Waals surface area contributed by atoms with Gasteiger partial charge in [-0.25, -0.2) is 0 Å². The third kappa shape index (κ3) is 2.14. The lowest BCUT2D eigenvalue weighted by Gasteiger charge is -2.24. The molecule has 1 aromatic heterocycles. The van der Waals surface area contributed by atoms with Crippen LogP contribution in [0.5, 0.6) is 0 Å². The number of aromatic nitrogens is 2. The van der Waals surface area contributed by atoms with Crippen molar-refractivity contribution >= 4 is 17.6 Å². The summed E-state index contributed by atoms with van der Waals surface area (Å²) in [6, 6.07) is 0. The lowest BCUT2D eigenvalue weighted by molar-refractivity contribution is -0.148. The molecule has 2 rings (SSSR count). The fourth-order valence-electron chi connectivity index (χ4n) is 3.02. The van der Waals surface area contributed by atoms with Gasteiger partial charge in [0.25, 0.3) is 0 Å². The van der Waals surface area contributed by atoms with Gasteiger partial charge in [-0.2, -0.15) is 5.10 Å². The number of hydrogen-bond acceptors (Lipinski definition) is 2. The van der Waals surface area contributed by atoms with Gasteiger partial charge < -0.3 is 5.11 Å². The predicted octanol–water partition coefficient (Wildman–Crippen LogP) is 2.82. The zero-order chi connectivity index (χ0) is 13.5. The lowest BCUT2D eigenvalue weighted by Crippen LogP contribution is -2.31. The second-order valence-electron chi connectivity index (χ2n) is 5.58. The summed E-state index contributed by atoms with van der Waals surface area (Å²) in [6.07, 6.45) is 2.90. The van der Waals surface area contributed by atoms with Crippen LogP contribution in [0.2, 0.25) is 5.02 Å². The number of carbonyl (C=O) groups is 1. The molecule has 0 spiro atoms. The Labute approximate surface area is 112 Å². The highest BCUT2D eigenvalue weighted by Gasteiger charge is 2.45. The second-order valence-corrected chi connectivity index (χ2v) is 5.96. The number of carboxylic acids is 1. The molecule has 100 valence electrons. The summed E-state index contributed by atoms with van der Waals surface area (Å²) in [5.41, 5.74) is 0.940. The summed E-state index contributed by atoms with van der Waals surface area (Å²) in [7, 11) is 1.82. The van der Waals surface area contributed by atoms with Crippen molar-refractivity contribution in [3.05, 3.63) is 16.4 Å². The van der Waals surface area contributed by atoms with Crippen molar-refractivity contribution in [3.63, 3.8) is 0 Å². The van der Waals surface area contributed by atoms with E-state index in [4.69, 9.17) is 11.6 Å². The van der Waals surface area contributed by atoms with Crippen LogP contribution >= 0.6 is 11.6 Å². The molecule has 0 bridgehead atoms. The van der Waals surface area contributed by atoms with E-state index in [0.717, 1.165) is 30.7 Å². The molecule has 1 heterocycles. The van der Waals surface area contributed by atoms with Crippen LogP contribution in [0.3, 0.4) is 0 Å². The van der Waals surface area contributed by atoms with Crippen LogP contribution < -0.4 is 0 Å². The Morgan fingerprint density at radius 2 is 2.33 bits per heavy atom. The maximum absolute atomic E-state index is 11.6. The molecule has 2 atom stereocenters. The van der Waals surface area contributed by atoms with Crippen molar-refractivity contribution in [2.24, 2.45) is 18.4 Å². The fourth-order valence-corrected chi connectivity index (χ4v) is 3.24. The summed E-state index contributed by atoms with van der Waals surface area (Å²) in [6.45, 7) is 3.96. The zero-order valence-electron chi connectivity index (χ0n) is 11.0. The number of nitrogens with zero attached hydrogens (tertiary/aromatic N) is 2. The van der Waals surface area contributed by atoms with Crippen LogP contribution in [0.15, 0.2) is 0 Å². The van der Waals surface area contributed by atoms with Crippen LogP contribution in [-0.2, 0) is 18.3 Å². The minimum absolute atomic E-state index is 0.467. The Balaban J connectivity index is 2.33. The Hall–Kier alpha value is -1.03. The van der Waals surface area contributed by atoms with Crippen LogP contribution in [0.4, 0.5) is 0 Å².